The van der Waals surface area contributed by atoms with E-state index in [1.165, 1.54) is 5.56 Å². The van der Waals surface area contributed by atoms with Gasteiger partial charge >= 0.3 is 0 Å². The fourth-order valence-corrected chi connectivity index (χ4v) is 3.34. The van der Waals surface area contributed by atoms with Gasteiger partial charge in [0, 0.05) is 11.8 Å². The van der Waals surface area contributed by atoms with Crippen molar-refractivity contribution in [1.82, 2.24) is 0 Å². The fourth-order valence-electron chi connectivity index (χ4n) is 3.34. The summed E-state index contributed by atoms with van der Waals surface area (Å²) in [5.74, 6) is 2.41. The minimum absolute atomic E-state index is 0.165. The van der Waals surface area contributed by atoms with Gasteiger partial charge in [0.15, 0.2) is 0 Å². The normalized spacial score (nSPS) is 33.9. The molecular weight excluding hydrogens is 212 g/mol. The van der Waals surface area contributed by atoms with Gasteiger partial charge in [-0.15, -0.1) is 0 Å². The second-order valence-electron chi connectivity index (χ2n) is 4.96. The van der Waals surface area contributed by atoms with Crippen molar-refractivity contribution in [2.75, 3.05) is 7.11 Å². The number of allylic oxidation sites excluding steroid dienone is 2. The lowest BCUT2D eigenvalue weighted by Gasteiger charge is -2.24. The van der Waals surface area contributed by atoms with Crippen LogP contribution in [-0.4, -0.2) is 13.4 Å². The molecule has 2 bridgehead atoms. The fraction of sp³-hybridized carbons (Fsp3) is 0.400. The van der Waals surface area contributed by atoms with E-state index in [9.17, 15) is 4.79 Å². The molecule has 2 aliphatic rings. The van der Waals surface area contributed by atoms with Crippen molar-refractivity contribution >= 4 is 6.29 Å². The molecule has 0 amide bonds. The van der Waals surface area contributed by atoms with E-state index in [0.717, 1.165) is 18.5 Å². The van der Waals surface area contributed by atoms with E-state index < -0.39 is 0 Å². The molecule has 0 radical (unpaired) electrons. The molecule has 0 aromatic heterocycles. The van der Waals surface area contributed by atoms with Crippen LogP contribution in [-0.2, 0) is 4.79 Å². The molecule has 0 aliphatic heterocycles. The van der Waals surface area contributed by atoms with Gasteiger partial charge in [0.25, 0.3) is 0 Å². The lowest BCUT2D eigenvalue weighted by molar-refractivity contribution is -0.112. The maximum atomic E-state index is 11.2. The second-order valence-corrected chi connectivity index (χ2v) is 4.96. The summed E-state index contributed by atoms with van der Waals surface area (Å²) < 4.78 is 5.16. The minimum Gasteiger partial charge on any atom is -0.497 e. The molecule has 0 heterocycles. The van der Waals surface area contributed by atoms with Crippen molar-refractivity contribution in [3.8, 4) is 5.75 Å². The number of methoxy groups -OCH3 is 1. The van der Waals surface area contributed by atoms with Crippen LogP contribution in [0.3, 0.4) is 0 Å². The van der Waals surface area contributed by atoms with Gasteiger partial charge < -0.3 is 9.53 Å². The third-order valence-corrected chi connectivity index (χ3v) is 4.18. The van der Waals surface area contributed by atoms with Crippen molar-refractivity contribution in [3.05, 3.63) is 42.0 Å². The number of fused-ring (bicyclic) bond motifs is 2. The third-order valence-electron chi connectivity index (χ3n) is 4.18. The second kappa shape index (κ2) is 4.02. The van der Waals surface area contributed by atoms with Gasteiger partial charge in [-0.05, 0) is 36.0 Å². The van der Waals surface area contributed by atoms with Gasteiger partial charge in [-0.3, -0.25) is 0 Å². The molecule has 2 aliphatic carbocycles. The summed E-state index contributed by atoms with van der Waals surface area (Å²) in [6.45, 7) is 0. The van der Waals surface area contributed by atoms with Gasteiger partial charge in [-0.2, -0.15) is 0 Å². The predicted octanol–water partition coefficient (Wildman–Crippen LogP) is 2.80. The zero-order chi connectivity index (χ0) is 11.8. The zero-order valence-electron chi connectivity index (χ0n) is 9.87. The molecule has 0 saturated heterocycles. The Morgan fingerprint density at radius 3 is 2.53 bits per heavy atom. The van der Waals surface area contributed by atoms with Crippen molar-refractivity contribution in [3.63, 3.8) is 0 Å². The van der Waals surface area contributed by atoms with Crippen LogP contribution in [0.15, 0.2) is 36.4 Å². The first-order valence-electron chi connectivity index (χ1n) is 6.11. The van der Waals surface area contributed by atoms with Crippen LogP contribution >= 0.6 is 0 Å². The van der Waals surface area contributed by atoms with Gasteiger partial charge in [0.05, 0.1) is 7.11 Å². The Labute approximate surface area is 101 Å². The van der Waals surface area contributed by atoms with E-state index in [2.05, 4.69) is 24.3 Å². The molecule has 3 rings (SSSR count). The van der Waals surface area contributed by atoms with Crippen molar-refractivity contribution in [1.29, 1.82) is 0 Å². The van der Waals surface area contributed by atoms with Gasteiger partial charge in [-0.1, -0.05) is 24.3 Å². The van der Waals surface area contributed by atoms with E-state index in [-0.39, 0.29) is 5.92 Å². The van der Waals surface area contributed by atoms with Crippen LogP contribution in [0.4, 0.5) is 0 Å². The standard InChI is InChI=1S/C15H16O2/c1-17-13-6-4-10(5-7-13)15-12-3-2-11(8-12)14(15)9-16/h2-7,9,11-12,14-15H,8H2,1H3/t11-,12+,14+,15+/m1/s1. The van der Waals surface area contributed by atoms with Crippen LogP contribution in [0.25, 0.3) is 0 Å². The molecule has 1 fully saturated rings. The number of hydrogen-bond acceptors (Lipinski definition) is 2. The first-order valence-corrected chi connectivity index (χ1v) is 6.11. The summed E-state index contributed by atoms with van der Waals surface area (Å²) in [6.07, 6.45) is 6.77. The Morgan fingerprint density at radius 2 is 1.88 bits per heavy atom. The highest BCUT2D eigenvalue weighted by Crippen LogP contribution is 2.52. The van der Waals surface area contributed by atoms with E-state index in [1.807, 2.05) is 12.1 Å². The summed E-state index contributed by atoms with van der Waals surface area (Å²) >= 11 is 0. The Bertz CT molecular complexity index is 446. The highest BCUT2D eigenvalue weighted by molar-refractivity contribution is 5.60. The molecule has 1 aromatic carbocycles. The Morgan fingerprint density at radius 1 is 1.18 bits per heavy atom. The highest BCUT2D eigenvalue weighted by Gasteiger charge is 2.44. The van der Waals surface area contributed by atoms with Crippen LogP contribution < -0.4 is 4.74 Å². The maximum absolute atomic E-state index is 11.2. The molecule has 2 heteroatoms. The monoisotopic (exact) mass is 228 g/mol. The number of rotatable bonds is 3. The number of benzene rings is 1. The summed E-state index contributed by atoms with van der Waals surface area (Å²) in [5, 5.41) is 0. The number of hydrogen-bond donors (Lipinski definition) is 0. The number of carbonyl (C=O) groups excluding carboxylic acids is 1. The lowest BCUT2D eigenvalue weighted by Crippen LogP contribution is -2.18. The average Bonchev–Trinajstić information content (AvgIpc) is 2.98. The molecule has 0 unspecified atom stereocenters. The molecule has 17 heavy (non-hydrogen) atoms. The Balaban J connectivity index is 1.92. The average molecular weight is 228 g/mol. The van der Waals surface area contributed by atoms with Crippen molar-refractivity contribution in [2.24, 2.45) is 17.8 Å². The molecule has 4 atom stereocenters. The van der Waals surface area contributed by atoms with Gasteiger partial charge in [0.1, 0.15) is 12.0 Å². The first-order chi connectivity index (χ1) is 8.33. The van der Waals surface area contributed by atoms with Crippen LogP contribution in [0.1, 0.15) is 17.9 Å². The Kier molecular flexibility index (Phi) is 2.50. The smallest absolute Gasteiger partial charge is 0.124 e. The lowest BCUT2D eigenvalue weighted by atomic mass is 9.79. The van der Waals surface area contributed by atoms with E-state index in [1.54, 1.807) is 7.11 Å². The summed E-state index contributed by atoms with van der Waals surface area (Å²) in [6, 6.07) is 8.14. The number of aldehydes is 1. The summed E-state index contributed by atoms with van der Waals surface area (Å²) in [4.78, 5) is 11.2. The van der Waals surface area contributed by atoms with Gasteiger partial charge in [-0.25, -0.2) is 0 Å². The van der Waals surface area contributed by atoms with Crippen molar-refractivity contribution in [2.45, 2.75) is 12.3 Å². The number of ether oxygens (including phenoxy) is 1. The third kappa shape index (κ3) is 1.59. The molecule has 1 aromatic rings. The van der Waals surface area contributed by atoms with E-state index in [0.29, 0.717) is 17.8 Å². The Hall–Kier alpha value is -1.57. The highest BCUT2D eigenvalue weighted by atomic mass is 16.5. The zero-order valence-corrected chi connectivity index (χ0v) is 9.87. The SMILES string of the molecule is COc1ccc([C@@H]2[C@@H](C=O)[C@@H]3C=C[C@H]2C3)cc1. The largest absolute Gasteiger partial charge is 0.497 e. The summed E-state index contributed by atoms with van der Waals surface area (Å²) in [7, 11) is 1.67. The maximum Gasteiger partial charge on any atom is 0.124 e. The molecule has 0 spiro atoms. The molecule has 2 nitrogen and oxygen atoms in total. The predicted molar refractivity (Wildman–Crippen MR) is 66.0 cm³/mol. The quantitative estimate of drug-likeness (QED) is 0.587. The van der Waals surface area contributed by atoms with Crippen LogP contribution in [0, 0.1) is 17.8 Å². The van der Waals surface area contributed by atoms with Crippen LogP contribution in [0.2, 0.25) is 0 Å². The molecule has 88 valence electrons. The first kappa shape index (κ1) is 10.6. The number of carbonyl (C=O) groups is 1. The van der Waals surface area contributed by atoms with Crippen LogP contribution in [0.5, 0.6) is 5.75 Å². The van der Waals surface area contributed by atoms with Gasteiger partial charge in [0.2, 0.25) is 0 Å². The van der Waals surface area contributed by atoms with Crippen molar-refractivity contribution < 1.29 is 9.53 Å². The minimum atomic E-state index is 0.165. The molecule has 0 N–H and O–H groups in total. The summed E-state index contributed by atoms with van der Waals surface area (Å²) in [5.41, 5.74) is 1.26. The van der Waals surface area contributed by atoms with E-state index in [4.69, 9.17) is 4.74 Å². The topological polar surface area (TPSA) is 26.3 Å². The van der Waals surface area contributed by atoms with E-state index >= 15 is 0 Å². The molecular formula is C15H16O2. The molecule has 1 saturated carbocycles.